The van der Waals surface area contributed by atoms with Crippen LogP contribution in [0.5, 0.6) is 0 Å². The van der Waals surface area contributed by atoms with Crippen LogP contribution in [0.25, 0.3) is 88.9 Å². The highest BCUT2D eigenvalue weighted by atomic mass is 16.3. The second kappa shape index (κ2) is 11.2. The van der Waals surface area contributed by atoms with Crippen LogP contribution in [0.15, 0.2) is 174 Å². The number of aromatic nitrogens is 2. The van der Waals surface area contributed by atoms with Gasteiger partial charge >= 0.3 is 0 Å². The SMILES string of the molecule is c1ccc(-c2cc3ccccc3c(-c3ccc(-c4c(-c5ccc6oc(-c7ccccc7)nc6c5)ccc5ccccc45)cc3)n2)cc1. The Hall–Kier alpha value is -6.32. The van der Waals surface area contributed by atoms with E-state index in [4.69, 9.17) is 14.4 Å². The number of rotatable bonds is 5. The summed E-state index contributed by atoms with van der Waals surface area (Å²) in [5.41, 5.74) is 11.3. The maximum atomic E-state index is 6.14. The minimum Gasteiger partial charge on any atom is -0.436 e. The first-order valence-corrected chi connectivity index (χ1v) is 15.8. The molecule has 2 heterocycles. The summed E-state index contributed by atoms with van der Waals surface area (Å²) >= 11 is 0. The molecule has 47 heavy (non-hydrogen) atoms. The second-order valence-electron chi connectivity index (χ2n) is 11.8. The predicted octanol–water partition coefficient (Wildman–Crippen LogP) is 11.9. The summed E-state index contributed by atoms with van der Waals surface area (Å²) in [7, 11) is 0. The molecule has 0 fully saturated rings. The molecule has 9 rings (SSSR count). The van der Waals surface area contributed by atoms with Crippen LogP contribution in [-0.2, 0) is 0 Å². The summed E-state index contributed by atoms with van der Waals surface area (Å²) in [5, 5.41) is 4.72. The number of benzene rings is 7. The highest BCUT2D eigenvalue weighted by Gasteiger charge is 2.16. The van der Waals surface area contributed by atoms with Crippen molar-refractivity contribution in [3.8, 4) is 56.2 Å². The van der Waals surface area contributed by atoms with Gasteiger partial charge in [0.2, 0.25) is 5.89 Å². The Morgan fingerprint density at radius 3 is 1.83 bits per heavy atom. The fourth-order valence-corrected chi connectivity index (χ4v) is 6.59. The van der Waals surface area contributed by atoms with Gasteiger partial charge in [-0.25, -0.2) is 9.97 Å². The first-order valence-electron chi connectivity index (χ1n) is 15.8. The zero-order valence-corrected chi connectivity index (χ0v) is 25.5. The molecule has 0 saturated carbocycles. The smallest absolute Gasteiger partial charge is 0.227 e. The summed E-state index contributed by atoms with van der Waals surface area (Å²) in [6.45, 7) is 0. The van der Waals surface area contributed by atoms with Gasteiger partial charge in [0.25, 0.3) is 0 Å². The van der Waals surface area contributed by atoms with Crippen LogP contribution >= 0.6 is 0 Å². The highest BCUT2D eigenvalue weighted by Crippen LogP contribution is 2.40. The largest absolute Gasteiger partial charge is 0.436 e. The summed E-state index contributed by atoms with van der Waals surface area (Å²) < 4.78 is 6.14. The third kappa shape index (κ3) is 4.86. The molecule has 0 spiro atoms. The molecular formula is C44H28N2O. The van der Waals surface area contributed by atoms with Crippen LogP contribution in [0.1, 0.15) is 0 Å². The molecule has 0 N–H and O–H groups in total. The van der Waals surface area contributed by atoms with Crippen molar-refractivity contribution < 1.29 is 4.42 Å². The Bertz CT molecular complexity index is 2550. The third-order valence-electron chi connectivity index (χ3n) is 8.91. The van der Waals surface area contributed by atoms with Crippen LogP contribution in [0, 0.1) is 0 Å². The van der Waals surface area contributed by atoms with Gasteiger partial charge in [0.15, 0.2) is 5.58 Å². The summed E-state index contributed by atoms with van der Waals surface area (Å²) in [5.74, 6) is 0.629. The minimum atomic E-state index is 0.629. The molecule has 0 atom stereocenters. The molecule has 0 bridgehead atoms. The van der Waals surface area contributed by atoms with Gasteiger partial charge in [0.1, 0.15) is 5.52 Å². The van der Waals surface area contributed by atoms with E-state index in [9.17, 15) is 0 Å². The lowest BCUT2D eigenvalue weighted by atomic mass is 9.89. The van der Waals surface area contributed by atoms with E-state index >= 15 is 0 Å². The second-order valence-corrected chi connectivity index (χ2v) is 11.8. The molecular weight excluding hydrogens is 572 g/mol. The Morgan fingerprint density at radius 2 is 1.04 bits per heavy atom. The molecule has 0 aliphatic carbocycles. The van der Waals surface area contributed by atoms with Gasteiger partial charge in [-0.15, -0.1) is 0 Å². The molecule has 2 aromatic heterocycles. The Kier molecular flexibility index (Phi) is 6.46. The van der Waals surface area contributed by atoms with E-state index in [0.717, 1.165) is 61.3 Å². The monoisotopic (exact) mass is 600 g/mol. The number of fused-ring (bicyclic) bond motifs is 3. The zero-order valence-electron chi connectivity index (χ0n) is 25.5. The molecule has 0 unspecified atom stereocenters. The van der Waals surface area contributed by atoms with Crippen molar-refractivity contribution in [3.05, 3.63) is 170 Å². The van der Waals surface area contributed by atoms with E-state index in [-0.39, 0.29) is 0 Å². The minimum absolute atomic E-state index is 0.629. The van der Waals surface area contributed by atoms with E-state index in [1.807, 2.05) is 42.5 Å². The summed E-state index contributed by atoms with van der Waals surface area (Å²) in [4.78, 5) is 10.1. The topological polar surface area (TPSA) is 38.9 Å². The zero-order chi connectivity index (χ0) is 31.2. The summed E-state index contributed by atoms with van der Waals surface area (Å²) in [6, 6.07) is 59.3. The Balaban J connectivity index is 1.18. The normalized spacial score (nSPS) is 11.4. The molecule has 0 radical (unpaired) electrons. The standard InChI is InChI=1S/C44H28N2O/c1-3-12-30(13-4-1)39-27-34-16-8-10-18-38(34)43(45-39)32-21-19-31(20-22-32)42-36-17-9-7-11-29(36)23-25-37(42)35-24-26-41-40(28-35)46-44(47-41)33-14-5-2-6-15-33/h1-28H. The van der Waals surface area contributed by atoms with Crippen molar-refractivity contribution in [2.24, 2.45) is 0 Å². The lowest BCUT2D eigenvalue weighted by Crippen LogP contribution is -1.92. The molecule has 0 saturated heterocycles. The van der Waals surface area contributed by atoms with Crippen molar-refractivity contribution in [2.75, 3.05) is 0 Å². The van der Waals surface area contributed by atoms with Crippen LogP contribution in [-0.4, -0.2) is 9.97 Å². The average molecular weight is 601 g/mol. The fraction of sp³-hybridized carbons (Fsp3) is 0. The lowest BCUT2D eigenvalue weighted by Gasteiger charge is -2.15. The van der Waals surface area contributed by atoms with Crippen molar-refractivity contribution in [2.45, 2.75) is 0 Å². The van der Waals surface area contributed by atoms with Crippen molar-refractivity contribution in [1.29, 1.82) is 0 Å². The quantitative estimate of drug-likeness (QED) is 0.197. The van der Waals surface area contributed by atoms with Gasteiger partial charge in [-0.2, -0.15) is 0 Å². The van der Waals surface area contributed by atoms with Gasteiger partial charge in [0.05, 0.1) is 11.4 Å². The van der Waals surface area contributed by atoms with E-state index < -0.39 is 0 Å². The van der Waals surface area contributed by atoms with Gasteiger partial charge in [0, 0.05) is 22.1 Å². The Morgan fingerprint density at radius 1 is 0.404 bits per heavy atom. The fourth-order valence-electron chi connectivity index (χ4n) is 6.59. The number of hydrogen-bond acceptors (Lipinski definition) is 3. The number of oxazole rings is 1. The van der Waals surface area contributed by atoms with Gasteiger partial charge < -0.3 is 4.42 Å². The van der Waals surface area contributed by atoms with Crippen LogP contribution in [0.3, 0.4) is 0 Å². The highest BCUT2D eigenvalue weighted by molar-refractivity contribution is 6.05. The third-order valence-corrected chi connectivity index (χ3v) is 8.91. The number of nitrogens with zero attached hydrogens (tertiary/aromatic N) is 2. The maximum Gasteiger partial charge on any atom is 0.227 e. The van der Waals surface area contributed by atoms with Crippen molar-refractivity contribution in [3.63, 3.8) is 0 Å². The molecule has 0 aliphatic heterocycles. The van der Waals surface area contributed by atoms with E-state index in [2.05, 4.69) is 127 Å². The average Bonchev–Trinajstić information content (AvgIpc) is 3.59. The van der Waals surface area contributed by atoms with E-state index in [1.165, 1.54) is 21.7 Å². The molecule has 3 heteroatoms. The van der Waals surface area contributed by atoms with Crippen molar-refractivity contribution >= 4 is 32.6 Å². The molecule has 0 amide bonds. The first-order chi connectivity index (χ1) is 23.3. The molecule has 0 aliphatic rings. The number of pyridine rings is 1. The van der Waals surface area contributed by atoms with E-state index in [1.54, 1.807) is 0 Å². The van der Waals surface area contributed by atoms with Gasteiger partial charge in [-0.3, -0.25) is 0 Å². The Labute approximate surface area is 272 Å². The van der Waals surface area contributed by atoms with Crippen LogP contribution in [0.2, 0.25) is 0 Å². The molecule has 7 aromatic carbocycles. The number of hydrogen-bond donors (Lipinski definition) is 0. The molecule has 220 valence electrons. The van der Waals surface area contributed by atoms with Gasteiger partial charge in [-0.1, -0.05) is 140 Å². The maximum absolute atomic E-state index is 6.14. The molecule has 9 aromatic rings. The van der Waals surface area contributed by atoms with E-state index in [0.29, 0.717) is 5.89 Å². The summed E-state index contributed by atoms with van der Waals surface area (Å²) in [6.07, 6.45) is 0. The van der Waals surface area contributed by atoms with Gasteiger partial charge in [-0.05, 0) is 68.7 Å². The lowest BCUT2D eigenvalue weighted by molar-refractivity contribution is 0.620. The van der Waals surface area contributed by atoms with Crippen molar-refractivity contribution in [1.82, 2.24) is 9.97 Å². The predicted molar refractivity (Wildman–Crippen MR) is 194 cm³/mol. The van der Waals surface area contributed by atoms with Crippen LogP contribution in [0.4, 0.5) is 0 Å². The molecule has 3 nitrogen and oxygen atoms in total. The first kappa shape index (κ1) is 27.0. The van der Waals surface area contributed by atoms with Crippen LogP contribution < -0.4 is 0 Å².